The Morgan fingerprint density at radius 1 is 1.42 bits per heavy atom. The summed E-state index contributed by atoms with van der Waals surface area (Å²) in [6, 6.07) is 8.08. The lowest BCUT2D eigenvalue weighted by Gasteiger charge is -1.94. The molecule has 1 rings (SSSR count). The maximum absolute atomic E-state index is 5.44. The molecule has 0 aliphatic heterocycles. The number of alkyl halides is 2. The summed E-state index contributed by atoms with van der Waals surface area (Å²) in [5, 5.41) is 0.864. The maximum Gasteiger partial charge on any atom is 0.0839 e. The smallest absolute Gasteiger partial charge is 0.0839 e. The highest BCUT2D eigenvalue weighted by Crippen LogP contribution is 2.07. The van der Waals surface area contributed by atoms with Crippen LogP contribution >= 0.6 is 27.5 Å². The zero-order valence-electron chi connectivity index (χ0n) is 6.48. The molecule has 62 valence electrons. The van der Waals surface area contributed by atoms with Crippen LogP contribution in [0.4, 0.5) is 0 Å². The van der Waals surface area contributed by atoms with Gasteiger partial charge in [0.05, 0.1) is 5.88 Å². The lowest BCUT2D eigenvalue weighted by atomic mass is 10.1. The van der Waals surface area contributed by atoms with E-state index in [1.54, 1.807) is 0 Å². The van der Waals surface area contributed by atoms with Gasteiger partial charge < -0.3 is 0 Å². The topological polar surface area (TPSA) is 0 Å². The van der Waals surface area contributed by atoms with Crippen molar-refractivity contribution in [2.75, 3.05) is 5.88 Å². The molecule has 0 aliphatic rings. The number of benzene rings is 1. The normalized spacial score (nSPS) is 8.83. The van der Waals surface area contributed by atoms with E-state index in [4.69, 9.17) is 11.6 Å². The van der Waals surface area contributed by atoms with E-state index in [-0.39, 0.29) is 0 Å². The van der Waals surface area contributed by atoms with E-state index < -0.39 is 0 Å². The predicted molar refractivity (Wildman–Crippen MR) is 56.7 cm³/mol. The Morgan fingerprint density at radius 3 is 2.92 bits per heavy atom. The molecule has 0 heterocycles. The first kappa shape index (κ1) is 9.64. The van der Waals surface area contributed by atoms with Crippen molar-refractivity contribution in [3.05, 3.63) is 35.4 Å². The minimum Gasteiger partial charge on any atom is -0.113 e. The highest BCUT2D eigenvalue weighted by Gasteiger charge is 1.89. The monoisotopic (exact) mass is 242 g/mol. The first-order chi connectivity index (χ1) is 5.86. The van der Waals surface area contributed by atoms with Crippen LogP contribution in [0.25, 0.3) is 0 Å². The van der Waals surface area contributed by atoms with Crippen molar-refractivity contribution in [2.24, 2.45) is 0 Å². The van der Waals surface area contributed by atoms with Crippen LogP contribution in [0.5, 0.6) is 0 Å². The molecule has 0 N–H and O–H groups in total. The van der Waals surface area contributed by atoms with Crippen molar-refractivity contribution in [3.63, 3.8) is 0 Å². The van der Waals surface area contributed by atoms with Crippen LogP contribution in [0.1, 0.15) is 11.1 Å². The van der Waals surface area contributed by atoms with Gasteiger partial charge in [-0.25, -0.2) is 0 Å². The largest absolute Gasteiger partial charge is 0.113 e. The molecule has 0 aliphatic carbocycles. The fourth-order valence-corrected chi connectivity index (χ4v) is 1.28. The molecule has 0 unspecified atom stereocenters. The van der Waals surface area contributed by atoms with E-state index in [9.17, 15) is 0 Å². The van der Waals surface area contributed by atoms with Crippen molar-refractivity contribution in [1.82, 2.24) is 0 Å². The van der Waals surface area contributed by atoms with E-state index >= 15 is 0 Å². The zero-order chi connectivity index (χ0) is 8.81. The van der Waals surface area contributed by atoms with E-state index in [0.29, 0.717) is 5.88 Å². The molecule has 0 radical (unpaired) electrons. The molecule has 2 heteroatoms. The van der Waals surface area contributed by atoms with Gasteiger partial charge in [-0.2, -0.15) is 0 Å². The highest BCUT2D eigenvalue weighted by atomic mass is 79.9. The third-order valence-corrected chi connectivity index (χ3v) is 2.16. The lowest BCUT2D eigenvalue weighted by molar-refractivity contribution is 1.42. The van der Waals surface area contributed by atoms with Gasteiger partial charge in [-0.3, -0.25) is 0 Å². The van der Waals surface area contributed by atoms with Crippen LogP contribution in [0, 0.1) is 11.8 Å². The summed E-state index contributed by atoms with van der Waals surface area (Å²) in [4.78, 5) is 0. The highest BCUT2D eigenvalue weighted by molar-refractivity contribution is 9.08. The molecule has 0 nitrogen and oxygen atoms in total. The number of hydrogen-bond donors (Lipinski definition) is 0. The standard InChI is InChI=1S/C10H8BrCl/c11-8-10-4-1-3-9(7-10)5-2-6-12/h1,3-4,7H,6,8H2. The van der Waals surface area contributed by atoms with Gasteiger partial charge in [0.25, 0.3) is 0 Å². The van der Waals surface area contributed by atoms with Crippen LogP contribution in [0.3, 0.4) is 0 Å². The summed E-state index contributed by atoms with van der Waals surface area (Å²) in [6.07, 6.45) is 0. The second kappa shape index (κ2) is 5.24. The van der Waals surface area contributed by atoms with E-state index in [1.165, 1.54) is 5.56 Å². The summed E-state index contributed by atoms with van der Waals surface area (Å²) >= 11 is 8.83. The average Bonchev–Trinajstić information content (AvgIpc) is 2.15. The van der Waals surface area contributed by atoms with Gasteiger partial charge in [-0.1, -0.05) is 39.9 Å². The van der Waals surface area contributed by atoms with E-state index in [1.807, 2.05) is 18.2 Å². The Morgan fingerprint density at radius 2 is 2.25 bits per heavy atom. The molecule has 0 bridgehead atoms. The molecule has 1 aromatic carbocycles. The molecule has 12 heavy (non-hydrogen) atoms. The molecular weight excluding hydrogens is 235 g/mol. The van der Waals surface area contributed by atoms with Gasteiger partial charge >= 0.3 is 0 Å². The Balaban J connectivity index is 2.86. The second-order valence-corrected chi connectivity index (χ2v) is 3.10. The first-order valence-electron chi connectivity index (χ1n) is 3.56. The summed E-state index contributed by atoms with van der Waals surface area (Å²) in [5.74, 6) is 6.17. The second-order valence-electron chi connectivity index (χ2n) is 2.27. The maximum atomic E-state index is 5.44. The summed E-state index contributed by atoms with van der Waals surface area (Å²) in [7, 11) is 0. The zero-order valence-corrected chi connectivity index (χ0v) is 8.82. The van der Waals surface area contributed by atoms with Crippen molar-refractivity contribution in [3.8, 4) is 11.8 Å². The Labute approximate surface area is 86.1 Å². The first-order valence-corrected chi connectivity index (χ1v) is 5.22. The van der Waals surface area contributed by atoms with Crippen LogP contribution in [0.15, 0.2) is 24.3 Å². The molecule has 0 atom stereocenters. The summed E-state index contributed by atoms with van der Waals surface area (Å²) in [6.45, 7) is 0. The minimum absolute atomic E-state index is 0.387. The third kappa shape index (κ3) is 2.89. The van der Waals surface area contributed by atoms with Gasteiger partial charge in [0.2, 0.25) is 0 Å². The van der Waals surface area contributed by atoms with Crippen molar-refractivity contribution in [2.45, 2.75) is 5.33 Å². The molecule has 0 aromatic heterocycles. The molecular formula is C10H8BrCl. The van der Waals surface area contributed by atoms with Gasteiger partial charge in [0.15, 0.2) is 0 Å². The van der Waals surface area contributed by atoms with Crippen LogP contribution in [-0.2, 0) is 5.33 Å². The van der Waals surface area contributed by atoms with Gasteiger partial charge in [0, 0.05) is 10.9 Å². The third-order valence-electron chi connectivity index (χ3n) is 1.38. The minimum atomic E-state index is 0.387. The van der Waals surface area contributed by atoms with E-state index in [0.717, 1.165) is 10.9 Å². The van der Waals surface area contributed by atoms with Crippen molar-refractivity contribution < 1.29 is 0 Å². The van der Waals surface area contributed by atoms with E-state index in [2.05, 4.69) is 33.8 Å². The van der Waals surface area contributed by atoms with Crippen LogP contribution in [0.2, 0.25) is 0 Å². The molecule has 0 spiro atoms. The molecule has 1 aromatic rings. The Bertz CT molecular complexity index is 309. The fraction of sp³-hybridized carbons (Fsp3) is 0.200. The lowest BCUT2D eigenvalue weighted by Crippen LogP contribution is -1.79. The fourth-order valence-electron chi connectivity index (χ4n) is 0.868. The Kier molecular flexibility index (Phi) is 4.21. The van der Waals surface area contributed by atoms with Crippen LogP contribution in [-0.4, -0.2) is 5.88 Å². The predicted octanol–water partition coefficient (Wildman–Crippen LogP) is 3.17. The Hall–Kier alpha value is -0.450. The molecule has 0 saturated heterocycles. The number of rotatable bonds is 1. The van der Waals surface area contributed by atoms with Crippen molar-refractivity contribution >= 4 is 27.5 Å². The van der Waals surface area contributed by atoms with Crippen LogP contribution < -0.4 is 0 Å². The quantitative estimate of drug-likeness (QED) is 0.525. The molecule has 0 amide bonds. The molecule has 0 fully saturated rings. The van der Waals surface area contributed by atoms with Gasteiger partial charge in [-0.15, -0.1) is 11.6 Å². The van der Waals surface area contributed by atoms with Gasteiger partial charge in [-0.05, 0) is 17.7 Å². The summed E-state index contributed by atoms with van der Waals surface area (Å²) in [5.41, 5.74) is 2.25. The van der Waals surface area contributed by atoms with Gasteiger partial charge in [0.1, 0.15) is 0 Å². The molecule has 0 saturated carbocycles. The summed E-state index contributed by atoms with van der Waals surface area (Å²) < 4.78 is 0. The SMILES string of the molecule is ClCC#Cc1cccc(CBr)c1. The number of halogens is 2. The van der Waals surface area contributed by atoms with Crippen molar-refractivity contribution in [1.29, 1.82) is 0 Å². The number of hydrogen-bond acceptors (Lipinski definition) is 0. The average molecular weight is 244 g/mol.